The minimum atomic E-state index is -3.82. The zero-order valence-electron chi connectivity index (χ0n) is 23.5. The molecule has 202 valence electrons. The molecule has 4 atom stereocenters. The predicted molar refractivity (Wildman–Crippen MR) is 153 cm³/mol. The second-order valence-electron chi connectivity index (χ2n) is 11.5. The molecule has 0 aromatic heterocycles. The topological polar surface area (TPSA) is 66.6 Å². The molecule has 5 nitrogen and oxygen atoms in total. The first-order chi connectivity index (χ1) is 17.2. The van der Waals surface area contributed by atoms with E-state index in [0.717, 1.165) is 11.1 Å². The highest BCUT2D eigenvalue weighted by atomic mass is 32.2. The highest BCUT2D eigenvalue weighted by Gasteiger charge is 2.63. The van der Waals surface area contributed by atoms with Gasteiger partial charge in [0.15, 0.2) is 0 Å². The summed E-state index contributed by atoms with van der Waals surface area (Å²) in [7, 11) is -5.93. The van der Waals surface area contributed by atoms with Crippen molar-refractivity contribution in [2.45, 2.75) is 101 Å². The first kappa shape index (κ1) is 29.6. The average molecular weight is 542 g/mol. The average Bonchev–Trinajstić information content (AvgIpc) is 3.56. The summed E-state index contributed by atoms with van der Waals surface area (Å²) in [5, 5.41) is 11.7. The van der Waals surface area contributed by atoms with Gasteiger partial charge in [0, 0.05) is 0 Å². The Balaban J connectivity index is 1.94. The van der Waals surface area contributed by atoms with Crippen LogP contribution in [-0.4, -0.2) is 50.2 Å². The number of sulfonamides is 1. The predicted octanol–water partition coefficient (Wildman–Crippen LogP) is 5.93. The second kappa shape index (κ2) is 11.4. The standard InChI is InChI=1S/C30H43NO4SSi/c1-22(2)37(23(3)4,24(5)6)19-18-30(8,32)29-28(21-35-20-26-12-10-9-11-13-26)31(29)36(33,34)27-16-14-25(7)15-17-27/h9-17,22-24,28-29,32H,20-21H2,1-8H3/t28-,29+,30+,31?/m1/s1. The largest absolute Gasteiger partial charge is 0.376 e. The first-order valence-corrected chi connectivity index (χ1v) is 16.9. The molecule has 0 radical (unpaired) electrons. The third kappa shape index (κ3) is 6.21. The zero-order valence-corrected chi connectivity index (χ0v) is 25.3. The molecule has 0 aliphatic carbocycles. The molecule has 1 fully saturated rings. The van der Waals surface area contributed by atoms with Crippen molar-refractivity contribution in [3.05, 3.63) is 65.7 Å². The first-order valence-electron chi connectivity index (χ1n) is 13.2. The van der Waals surface area contributed by atoms with E-state index in [4.69, 9.17) is 4.74 Å². The maximum Gasteiger partial charge on any atom is 0.243 e. The molecule has 1 N–H and O–H groups in total. The van der Waals surface area contributed by atoms with Crippen molar-refractivity contribution in [2.75, 3.05) is 6.61 Å². The van der Waals surface area contributed by atoms with Gasteiger partial charge in [0.2, 0.25) is 10.0 Å². The molecule has 2 aromatic rings. The van der Waals surface area contributed by atoms with Gasteiger partial charge in [-0.05, 0) is 48.2 Å². The Morgan fingerprint density at radius 1 is 0.973 bits per heavy atom. The van der Waals surface area contributed by atoms with Crippen LogP contribution in [0.4, 0.5) is 0 Å². The van der Waals surface area contributed by atoms with Crippen LogP contribution in [-0.2, 0) is 21.4 Å². The molecule has 1 aliphatic heterocycles. The Kier molecular flexibility index (Phi) is 9.14. The molecule has 3 rings (SSSR count). The van der Waals surface area contributed by atoms with Gasteiger partial charge in [-0.15, -0.1) is 5.54 Å². The summed E-state index contributed by atoms with van der Waals surface area (Å²) in [4.78, 5) is 0.215. The number of aryl methyl sites for hydroxylation is 1. The van der Waals surface area contributed by atoms with Crippen LogP contribution in [0.15, 0.2) is 59.5 Å². The molecular formula is C30H43NO4SSi. The van der Waals surface area contributed by atoms with E-state index >= 15 is 0 Å². The molecule has 1 saturated heterocycles. The molecule has 1 unspecified atom stereocenters. The van der Waals surface area contributed by atoms with Crippen molar-refractivity contribution >= 4 is 18.1 Å². The van der Waals surface area contributed by atoms with Crippen LogP contribution >= 0.6 is 0 Å². The van der Waals surface area contributed by atoms with Crippen LogP contribution in [0, 0.1) is 18.4 Å². The van der Waals surface area contributed by atoms with E-state index in [2.05, 4.69) is 53.0 Å². The number of ether oxygens (including phenoxy) is 1. The van der Waals surface area contributed by atoms with Gasteiger partial charge in [-0.3, -0.25) is 0 Å². The molecular weight excluding hydrogens is 498 g/mol. The van der Waals surface area contributed by atoms with Crippen LogP contribution in [0.5, 0.6) is 0 Å². The highest BCUT2D eigenvalue weighted by Crippen LogP contribution is 2.44. The lowest BCUT2D eigenvalue weighted by Crippen LogP contribution is -2.44. The molecule has 2 aromatic carbocycles. The SMILES string of the molecule is Cc1ccc(S(=O)(=O)N2[C@H](COCc3ccccc3)[C@H]2[C@@](C)(O)C#C[Si](C(C)C)(C(C)C)C(C)C)cc1. The number of hydrogen-bond acceptors (Lipinski definition) is 4. The van der Waals surface area contributed by atoms with Crippen molar-refractivity contribution in [3.63, 3.8) is 0 Å². The van der Waals surface area contributed by atoms with E-state index < -0.39 is 35.8 Å². The van der Waals surface area contributed by atoms with Crippen molar-refractivity contribution in [1.29, 1.82) is 0 Å². The van der Waals surface area contributed by atoms with E-state index in [1.54, 1.807) is 31.2 Å². The van der Waals surface area contributed by atoms with Crippen molar-refractivity contribution in [1.82, 2.24) is 4.31 Å². The van der Waals surface area contributed by atoms with Gasteiger partial charge in [-0.25, -0.2) is 8.42 Å². The second-order valence-corrected chi connectivity index (χ2v) is 18.9. The van der Waals surface area contributed by atoms with Gasteiger partial charge in [0.25, 0.3) is 0 Å². The molecule has 0 spiro atoms. The highest BCUT2D eigenvalue weighted by molar-refractivity contribution is 7.89. The third-order valence-corrected chi connectivity index (χ3v) is 16.1. The maximum absolute atomic E-state index is 13.7. The van der Waals surface area contributed by atoms with Crippen LogP contribution in [0.1, 0.15) is 59.6 Å². The molecule has 37 heavy (non-hydrogen) atoms. The summed E-state index contributed by atoms with van der Waals surface area (Å²) in [5.41, 5.74) is 5.32. The molecule has 0 saturated carbocycles. The van der Waals surface area contributed by atoms with Gasteiger partial charge in [0.05, 0.1) is 30.2 Å². The lowest BCUT2D eigenvalue weighted by atomic mass is 10.0. The number of rotatable bonds is 10. The Bertz CT molecular complexity index is 1190. The number of nitrogens with zero attached hydrogens (tertiary/aromatic N) is 1. The monoisotopic (exact) mass is 541 g/mol. The molecule has 1 aliphatic rings. The summed E-state index contributed by atoms with van der Waals surface area (Å²) in [6, 6.07) is 15.4. The maximum atomic E-state index is 13.7. The Morgan fingerprint density at radius 2 is 1.51 bits per heavy atom. The number of aliphatic hydroxyl groups is 1. The van der Waals surface area contributed by atoms with Gasteiger partial charge in [-0.1, -0.05) is 95.5 Å². The van der Waals surface area contributed by atoms with Crippen molar-refractivity contribution in [3.8, 4) is 11.5 Å². The molecule has 0 amide bonds. The van der Waals surface area contributed by atoms with Crippen molar-refractivity contribution in [2.24, 2.45) is 0 Å². The molecule has 0 bridgehead atoms. The smallest absolute Gasteiger partial charge is 0.243 e. The van der Waals surface area contributed by atoms with Gasteiger partial charge in [0.1, 0.15) is 13.7 Å². The summed E-state index contributed by atoms with van der Waals surface area (Å²) in [5.74, 6) is 3.21. The van der Waals surface area contributed by atoms with Gasteiger partial charge >= 0.3 is 0 Å². The van der Waals surface area contributed by atoms with Crippen LogP contribution in [0.25, 0.3) is 0 Å². The Labute approximate surface area is 225 Å². The summed E-state index contributed by atoms with van der Waals surface area (Å²) in [6.07, 6.45) is 0. The molecule has 1 heterocycles. The minimum Gasteiger partial charge on any atom is -0.376 e. The summed E-state index contributed by atoms with van der Waals surface area (Å²) in [6.45, 7) is 17.5. The van der Waals surface area contributed by atoms with E-state index in [0.29, 0.717) is 23.2 Å². The molecule has 7 heteroatoms. The minimum absolute atomic E-state index is 0.184. The zero-order chi connectivity index (χ0) is 27.6. The third-order valence-electron chi connectivity index (χ3n) is 7.85. The Morgan fingerprint density at radius 3 is 2.03 bits per heavy atom. The van der Waals surface area contributed by atoms with Crippen LogP contribution in [0.3, 0.4) is 0 Å². The van der Waals surface area contributed by atoms with E-state index in [9.17, 15) is 13.5 Å². The van der Waals surface area contributed by atoms with Crippen LogP contribution in [0.2, 0.25) is 16.6 Å². The Hall–Kier alpha value is -1.95. The van der Waals surface area contributed by atoms with Gasteiger partial charge < -0.3 is 9.84 Å². The quantitative estimate of drug-likeness (QED) is 0.230. The fourth-order valence-corrected chi connectivity index (χ4v) is 13.0. The van der Waals surface area contributed by atoms with Crippen LogP contribution < -0.4 is 0 Å². The summed E-state index contributed by atoms with van der Waals surface area (Å²) >= 11 is 0. The fourth-order valence-electron chi connectivity index (χ4n) is 5.82. The lowest BCUT2D eigenvalue weighted by Gasteiger charge is -2.38. The number of hydrogen-bond donors (Lipinski definition) is 1. The van der Waals surface area contributed by atoms with E-state index in [1.807, 2.05) is 37.3 Å². The fraction of sp³-hybridized carbons (Fsp3) is 0.533. The van der Waals surface area contributed by atoms with Crippen molar-refractivity contribution < 1.29 is 18.3 Å². The lowest BCUT2D eigenvalue weighted by molar-refractivity contribution is 0.0964. The normalized spacial score (nSPS) is 21.6. The number of benzene rings is 2. The summed E-state index contributed by atoms with van der Waals surface area (Å²) < 4.78 is 34.6. The van der Waals surface area contributed by atoms with E-state index in [-0.39, 0.29) is 11.5 Å². The van der Waals surface area contributed by atoms with Gasteiger partial charge in [-0.2, -0.15) is 4.31 Å². The van der Waals surface area contributed by atoms with E-state index in [1.165, 1.54) is 4.31 Å².